The predicted molar refractivity (Wildman–Crippen MR) is 117 cm³/mol. The van der Waals surface area contributed by atoms with Crippen molar-refractivity contribution in [1.82, 2.24) is 4.90 Å². The lowest BCUT2D eigenvalue weighted by atomic mass is 9.98. The van der Waals surface area contributed by atoms with Crippen molar-refractivity contribution in [2.24, 2.45) is 0 Å². The first-order valence-electron chi connectivity index (χ1n) is 10.4. The molecule has 3 aromatic rings. The summed E-state index contributed by atoms with van der Waals surface area (Å²) < 4.78 is 57.5. The predicted octanol–water partition coefficient (Wildman–Crippen LogP) is 5.95. The molecule has 0 spiro atoms. The SMILES string of the molecule is COc1cc2c(cc1OC)CN(Cc1cccc(Oc3ccc(OC(F)(F)F)cc3)c1)CC2. The topological polar surface area (TPSA) is 40.2 Å². The van der Waals surface area contributed by atoms with Crippen LogP contribution in [0.15, 0.2) is 60.7 Å². The molecule has 5 nitrogen and oxygen atoms in total. The molecule has 1 heterocycles. The van der Waals surface area contributed by atoms with Gasteiger partial charge in [-0.15, -0.1) is 13.2 Å². The molecule has 4 rings (SSSR count). The molecule has 1 aliphatic rings. The van der Waals surface area contributed by atoms with Crippen LogP contribution in [0.2, 0.25) is 0 Å². The highest BCUT2D eigenvalue weighted by atomic mass is 19.4. The van der Waals surface area contributed by atoms with Gasteiger partial charge in [0.1, 0.15) is 17.2 Å². The standard InChI is InChI=1S/C25H24F3NO4/c1-30-23-13-18-10-11-29(16-19(18)14-24(23)31-2)15-17-4-3-5-22(12-17)32-20-6-8-21(9-7-20)33-25(26,27)28/h3-9,12-14H,10-11,15-16H2,1-2H3. The molecule has 0 aromatic heterocycles. The van der Waals surface area contributed by atoms with Crippen molar-refractivity contribution >= 4 is 0 Å². The lowest BCUT2D eigenvalue weighted by Gasteiger charge is -2.29. The number of fused-ring (bicyclic) bond motifs is 1. The van der Waals surface area contributed by atoms with Crippen LogP contribution in [-0.4, -0.2) is 32.0 Å². The fourth-order valence-electron chi connectivity index (χ4n) is 3.89. The molecule has 0 saturated carbocycles. The van der Waals surface area contributed by atoms with Crippen molar-refractivity contribution < 1.29 is 32.1 Å². The molecule has 8 heteroatoms. The van der Waals surface area contributed by atoms with Crippen molar-refractivity contribution in [2.75, 3.05) is 20.8 Å². The Balaban J connectivity index is 1.41. The second-order valence-electron chi connectivity index (χ2n) is 7.71. The van der Waals surface area contributed by atoms with Crippen LogP contribution in [0.3, 0.4) is 0 Å². The van der Waals surface area contributed by atoms with Crippen molar-refractivity contribution in [1.29, 1.82) is 0 Å². The summed E-state index contributed by atoms with van der Waals surface area (Å²) in [4.78, 5) is 2.34. The Hall–Kier alpha value is -3.39. The van der Waals surface area contributed by atoms with Gasteiger partial charge in [0.05, 0.1) is 14.2 Å². The molecule has 3 aromatic carbocycles. The van der Waals surface area contributed by atoms with E-state index in [9.17, 15) is 13.2 Å². The van der Waals surface area contributed by atoms with E-state index < -0.39 is 6.36 Å². The highest BCUT2D eigenvalue weighted by Gasteiger charge is 2.31. The van der Waals surface area contributed by atoms with Gasteiger partial charge in [-0.1, -0.05) is 12.1 Å². The molecule has 0 unspecified atom stereocenters. The van der Waals surface area contributed by atoms with E-state index in [1.165, 1.54) is 35.4 Å². The van der Waals surface area contributed by atoms with Gasteiger partial charge in [0.15, 0.2) is 11.5 Å². The molecule has 0 saturated heterocycles. The quantitative estimate of drug-likeness (QED) is 0.437. The Kier molecular flexibility index (Phi) is 6.65. The minimum absolute atomic E-state index is 0.289. The second kappa shape index (κ2) is 9.62. The van der Waals surface area contributed by atoms with Crippen LogP contribution < -0.4 is 18.9 Å². The summed E-state index contributed by atoms with van der Waals surface area (Å²) in [5.74, 6) is 2.21. The fourth-order valence-corrected chi connectivity index (χ4v) is 3.89. The Labute approximate surface area is 190 Å². The normalized spacial score (nSPS) is 13.8. The molecule has 0 aliphatic carbocycles. The third-order valence-electron chi connectivity index (χ3n) is 5.39. The molecule has 1 aliphatic heterocycles. The number of hydrogen-bond donors (Lipinski definition) is 0. The average Bonchev–Trinajstić information content (AvgIpc) is 2.78. The summed E-state index contributed by atoms with van der Waals surface area (Å²) in [6, 6.07) is 17.1. The second-order valence-corrected chi connectivity index (χ2v) is 7.71. The first-order chi connectivity index (χ1) is 15.8. The summed E-state index contributed by atoms with van der Waals surface area (Å²) in [7, 11) is 3.27. The number of methoxy groups -OCH3 is 2. The van der Waals surface area contributed by atoms with E-state index in [0.29, 0.717) is 11.5 Å². The summed E-state index contributed by atoms with van der Waals surface area (Å²) in [5.41, 5.74) is 3.56. The highest BCUT2D eigenvalue weighted by Crippen LogP contribution is 2.34. The van der Waals surface area contributed by atoms with Crippen molar-refractivity contribution in [3.05, 3.63) is 77.4 Å². The monoisotopic (exact) mass is 459 g/mol. The summed E-state index contributed by atoms with van der Waals surface area (Å²) in [6.45, 7) is 2.44. The molecular weight excluding hydrogens is 435 g/mol. The van der Waals surface area contributed by atoms with Crippen molar-refractivity contribution in [2.45, 2.75) is 25.9 Å². The number of benzene rings is 3. The molecule has 33 heavy (non-hydrogen) atoms. The minimum atomic E-state index is -4.72. The Morgan fingerprint density at radius 1 is 0.818 bits per heavy atom. The summed E-state index contributed by atoms with van der Waals surface area (Å²) >= 11 is 0. The summed E-state index contributed by atoms with van der Waals surface area (Å²) in [5, 5.41) is 0. The Morgan fingerprint density at radius 2 is 1.48 bits per heavy atom. The van der Waals surface area contributed by atoms with Crippen LogP contribution in [0.25, 0.3) is 0 Å². The van der Waals surface area contributed by atoms with Crippen molar-refractivity contribution in [3.8, 4) is 28.7 Å². The van der Waals surface area contributed by atoms with E-state index in [2.05, 4.69) is 9.64 Å². The maximum Gasteiger partial charge on any atom is 0.573 e. The first-order valence-corrected chi connectivity index (χ1v) is 10.4. The number of rotatable bonds is 7. The smallest absolute Gasteiger partial charge is 0.493 e. The molecule has 0 amide bonds. The maximum absolute atomic E-state index is 12.3. The molecule has 0 radical (unpaired) electrons. The number of ether oxygens (including phenoxy) is 4. The molecule has 0 fully saturated rings. The summed E-state index contributed by atoms with van der Waals surface area (Å²) in [6.07, 6.45) is -3.80. The van der Waals surface area contributed by atoms with Crippen LogP contribution in [0, 0.1) is 0 Å². The number of hydrogen-bond acceptors (Lipinski definition) is 5. The molecule has 174 valence electrons. The number of halogens is 3. The lowest BCUT2D eigenvalue weighted by molar-refractivity contribution is -0.274. The third-order valence-corrected chi connectivity index (χ3v) is 5.39. The van der Waals surface area contributed by atoms with Gasteiger partial charge in [-0.05, 0) is 71.6 Å². The molecule has 0 N–H and O–H groups in total. The minimum Gasteiger partial charge on any atom is -0.493 e. The van der Waals surface area contributed by atoms with Crippen molar-refractivity contribution in [3.63, 3.8) is 0 Å². The van der Waals surface area contributed by atoms with E-state index in [-0.39, 0.29) is 5.75 Å². The largest absolute Gasteiger partial charge is 0.573 e. The molecule has 0 atom stereocenters. The average molecular weight is 459 g/mol. The van der Waals surface area contributed by atoms with Crippen LogP contribution >= 0.6 is 0 Å². The highest BCUT2D eigenvalue weighted by molar-refractivity contribution is 5.48. The van der Waals surface area contributed by atoms with E-state index in [1.807, 2.05) is 36.4 Å². The van der Waals surface area contributed by atoms with Crippen LogP contribution in [0.4, 0.5) is 13.2 Å². The van der Waals surface area contributed by atoms with Gasteiger partial charge in [0.2, 0.25) is 0 Å². The van der Waals surface area contributed by atoms with E-state index >= 15 is 0 Å². The molecular formula is C25H24F3NO4. The van der Waals surface area contributed by atoms with Gasteiger partial charge in [-0.25, -0.2) is 0 Å². The van der Waals surface area contributed by atoms with Gasteiger partial charge in [0.25, 0.3) is 0 Å². The van der Waals surface area contributed by atoms with Crippen LogP contribution in [0.5, 0.6) is 28.7 Å². The maximum atomic E-state index is 12.3. The van der Waals surface area contributed by atoms with E-state index in [1.54, 1.807) is 14.2 Å². The lowest BCUT2D eigenvalue weighted by Crippen LogP contribution is -2.30. The van der Waals surface area contributed by atoms with Gasteiger partial charge < -0.3 is 18.9 Å². The third kappa shape index (κ3) is 5.90. The first kappa shape index (κ1) is 22.8. The zero-order chi connectivity index (χ0) is 23.4. The fraction of sp³-hybridized carbons (Fsp3) is 0.280. The zero-order valence-corrected chi connectivity index (χ0v) is 18.3. The van der Waals surface area contributed by atoms with Crippen LogP contribution in [-0.2, 0) is 19.5 Å². The van der Waals surface area contributed by atoms with E-state index in [4.69, 9.17) is 14.2 Å². The Bertz CT molecular complexity index is 1100. The van der Waals surface area contributed by atoms with Gasteiger partial charge in [-0.3, -0.25) is 4.90 Å². The number of alkyl halides is 3. The van der Waals surface area contributed by atoms with Gasteiger partial charge in [-0.2, -0.15) is 0 Å². The number of nitrogens with zero attached hydrogens (tertiary/aromatic N) is 1. The van der Waals surface area contributed by atoms with Crippen LogP contribution in [0.1, 0.15) is 16.7 Å². The zero-order valence-electron chi connectivity index (χ0n) is 18.3. The van der Waals surface area contributed by atoms with E-state index in [0.717, 1.165) is 43.1 Å². The van der Waals surface area contributed by atoms with Gasteiger partial charge >= 0.3 is 6.36 Å². The van der Waals surface area contributed by atoms with Gasteiger partial charge in [0, 0.05) is 19.6 Å². The molecule has 0 bridgehead atoms. The Morgan fingerprint density at radius 3 is 2.15 bits per heavy atom.